The number of rotatable bonds is 4. The summed E-state index contributed by atoms with van der Waals surface area (Å²) in [6.45, 7) is 5.67. The van der Waals surface area contributed by atoms with Gasteiger partial charge in [0, 0.05) is 17.9 Å². The maximum Gasteiger partial charge on any atom is 0.228 e. The zero-order valence-corrected chi connectivity index (χ0v) is 16.5. The molecule has 2 amide bonds. The molecule has 3 rings (SSSR count). The molecule has 1 aromatic carbocycles. The van der Waals surface area contributed by atoms with Crippen molar-refractivity contribution in [1.82, 2.24) is 5.16 Å². The smallest absolute Gasteiger partial charge is 0.228 e. The fourth-order valence-corrected chi connectivity index (χ4v) is 3.94. The van der Waals surface area contributed by atoms with Gasteiger partial charge in [-0.1, -0.05) is 22.8 Å². The predicted molar refractivity (Wildman–Crippen MR) is 105 cm³/mol. The zero-order chi connectivity index (χ0) is 19.6. The van der Waals surface area contributed by atoms with Gasteiger partial charge in [-0.05, 0) is 63.6 Å². The standard InChI is InChI=1S/C20H24ClN3O3/c1-11-8-12(2)18(16(21)9-11)23-20(26)15-6-4-14(5-7-15)19(25)22-17-10-13(3)27-24-17/h8-10,14-15H,4-7H2,1-3H3,(H,23,26)(H,22,24,25). The number of aryl methyl sites for hydroxylation is 3. The van der Waals surface area contributed by atoms with Crippen LogP contribution in [0, 0.1) is 32.6 Å². The van der Waals surface area contributed by atoms with Crippen LogP contribution in [0.3, 0.4) is 0 Å². The molecule has 1 aromatic heterocycles. The average Bonchev–Trinajstić information content (AvgIpc) is 3.02. The maximum absolute atomic E-state index is 12.6. The number of carbonyl (C=O) groups is 2. The molecule has 7 heteroatoms. The molecule has 0 aliphatic heterocycles. The van der Waals surface area contributed by atoms with Gasteiger partial charge in [-0.15, -0.1) is 0 Å². The SMILES string of the molecule is Cc1cc(C)c(NC(=O)C2CCC(C(=O)Nc3cc(C)on3)CC2)c(Cl)c1. The molecule has 0 saturated heterocycles. The van der Waals surface area contributed by atoms with E-state index in [0.717, 1.165) is 11.1 Å². The molecule has 1 saturated carbocycles. The lowest BCUT2D eigenvalue weighted by atomic mass is 9.81. The highest BCUT2D eigenvalue weighted by atomic mass is 35.5. The number of hydrogen-bond acceptors (Lipinski definition) is 4. The van der Waals surface area contributed by atoms with E-state index in [0.29, 0.717) is 48.0 Å². The fourth-order valence-electron chi connectivity index (χ4n) is 3.57. The predicted octanol–water partition coefficient (Wildman–Crippen LogP) is 4.64. The second-order valence-corrected chi connectivity index (χ2v) is 7.70. The first kappa shape index (κ1) is 19.4. The van der Waals surface area contributed by atoms with Gasteiger partial charge >= 0.3 is 0 Å². The largest absolute Gasteiger partial charge is 0.360 e. The summed E-state index contributed by atoms with van der Waals surface area (Å²) < 4.78 is 4.96. The third-order valence-electron chi connectivity index (χ3n) is 5.03. The zero-order valence-electron chi connectivity index (χ0n) is 15.8. The van der Waals surface area contributed by atoms with E-state index in [4.69, 9.17) is 16.1 Å². The second-order valence-electron chi connectivity index (χ2n) is 7.29. The van der Waals surface area contributed by atoms with Crippen LogP contribution in [0.1, 0.15) is 42.6 Å². The van der Waals surface area contributed by atoms with Gasteiger partial charge in [0.2, 0.25) is 11.8 Å². The highest BCUT2D eigenvalue weighted by Gasteiger charge is 2.30. The highest BCUT2D eigenvalue weighted by molar-refractivity contribution is 6.34. The number of nitrogens with zero attached hydrogens (tertiary/aromatic N) is 1. The van der Waals surface area contributed by atoms with Crippen LogP contribution >= 0.6 is 11.6 Å². The van der Waals surface area contributed by atoms with Crippen molar-refractivity contribution in [2.24, 2.45) is 11.8 Å². The number of carbonyl (C=O) groups excluding carboxylic acids is 2. The maximum atomic E-state index is 12.6. The van der Waals surface area contributed by atoms with Crippen LogP contribution in [-0.4, -0.2) is 17.0 Å². The van der Waals surface area contributed by atoms with Crippen molar-refractivity contribution in [2.45, 2.75) is 46.5 Å². The summed E-state index contributed by atoms with van der Waals surface area (Å²) in [6, 6.07) is 5.52. The summed E-state index contributed by atoms with van der Waals surface area (Å²) in [7, 11) is 0. The lowest BCUT2D eigenvalue weighted by Gasteiger charge is -2.27. The Balaban J connectivity index is 1.54. The summed E-state index contributed by atoms with van der Waals surface area (Å²) >= 11 is 6.28. The van der Waals surface area contributed by atoms with Crippen molar-refractivity contribution in [1.29, 1.82) is 0 Å². The minimum absolute atomic E-state index is 0.0326. The van der Waals surface area contributed by atoms with E-state index in [1.54, 1.807) is 13.0 Å². The van der Waals surface area contributed by atoms with Crippen LogP contribution in [0.15, 0.2) is 22.7 Å². The monoisotopic (exact) mass is 389 g/mol. The molecular weight excluding hydrogens is 366 g/mol. The third-order valence-corrected chi connectivity index (χ3v) is 5.33. The van der Waals surface area contributed by atoms with Crippen LogP contribution < -0.4 is 10.6 Å². The van der Waals surface area contributed by atoms with E-state index in [9.17, 15) is 9.59 Å². The Morgan fingerprint density at radius 1 is 1.00 bits per heavy atom. The number of hydrogen-bond donors (Lipinski definition) is 2. The molecule has 0 radical (unpaired) electrons. The first-order chi connectivity index (χ1) is 12.8. The number of amides is 2. The van der Waals surface area contributed by atoms with Gasteiger partial charge in [-0.3, -0.25) is 9.59 Å². The van der Waals surface area contributed by atoms with Gasteiger partial charge in [0.1, 0.15) is 5.76 Å². The van der Waals surface area contributed by atoms with Gasteiger partial charge in [-0.25, -0.2) is 0 Å². The van der Waals surface area contributed by atoms with Crippen LogP contribution in [0.2, 0.25) is 5.02 Å². The van der Waals surface area contributed by atoms with Crippen molar-refractivity contribution < 1.29 is 14.1 Å². The first-order valence-electron chi connectivity index (χ1n) is 9.15. The molecular formula is C20H24ClN3O3. The molecule has 1 aliphatic rings. The Morgan fingerprint density at radius 2 is 1.59 bits per heavy atom. The van der Waals surface area contributed by atoms with E-state index >= 15 is 0 Å². The van der Waals surface area contributed by atoms with Crippen molar-refractivity contribution in [3.05, 3.63) is 40.1 Å². The summed E-state index contributed by atoms with van der Waals surface area (Å²) in [5.41, 5.74) is 2.68. The number of anilines is 2. The summed E-state index contributed by atoms with van der Waals surface area (Å²) in [4.78, 5) is 25.0. The van der Waals surface area contributed by atoms with E-state index in [-0.39, 0.29) is 23.7 Å². The van der Waals surface area contributed by atoms with Crippen LogP contribution in [0.25, 0.3) is 0 Å². The molecule has 2 N–H and O–H groups in total. The molecule has 6 nitrogen and oxygen atoms in total. The van der Waals surface area contributed by atoms with E-state index in [1.165, 1.54) is 0 Å². The molecule has 1 fully saturated rings. The molecule has 0 atom stereocenters. The van der Waals surface area contributed by atoms with Gasteiger partial charge < -0.3 is 15.2 Å². The highest BCUT2D eigenvalue weighted by Crippen LogP contribution is 2.32. The number of aromatic nitrogens is 1. The lowest BCUT2D eigenvalue weighted by Crippen LogP contribution is -2.32. The molecule has 0 bridgehead atoms. The topological polar surface area (TPSA) is 84.2 Å². The van der Waals surface area contributed by atoms with Crippen molar-refractivity contribution in [2.75, 3.05) is 10.6 Å². The molecule has 144 valence electrons. The van der Waals surface area contributed by atoms with E-state index < -0.39 is 0 Å². The van der Waals surface area contributed by atoms with E-state index in [1.807, 2.05) is 26.0 Å². The fraction of sp³-hybridized carbons (Fsp3) is 0.450. The van der Waals surface area contributed by atoms with Crippen molar-refractivity contribution in [3.63, 3.8) is 0 Å². The van der Waals surface area contributed by atoms with Crippen LogP contribution in [-0.2, 0) is 9.59 Å². The van der Waals surface area contributed by atoms with Gasteiger partial charge in [0.05, 0.1) is 10.7 Å². The minimum atomic E-state index is -0.115. The summed E-state index contributed by atoms with van der Waals surface area (Å²) in [5, 5.41) is 10.1. The van der Waals surface area contributed by atoms with Crippen LogP contribution in [0.4, 0.5) is 11.5 Å². The number of halogens is 1. The normalized spacial score (nSPS) is 19.6. The Bertz CT molecular complexity index is 831. The Morgan fingerprint density at radius 3 is 2.11 bits per heavy atom. The Labute approximate surface area is 163 Å². The molecule has 0 unspecified atom stereocenters. The lowest BCUT2D eigenvalue weighted by molar-refractivity contribution is -0.125. The first-order valence-corrected chi connectivity index (χ1v) is 9.53. The van der Waals surface area contributed by atoms with Crippen LogP contribution in [0.5, 0.6) is 0 Å². The quantitative estimate of drug-likeness (QED) is 0.797. The summed E-state index contributed by atoms with van der Waals surface area (Å²) in [5.74, 6) is 0.753. The van der Waals surface area contributed by atoms with Crippen molar-refractivity contribution >= 4 is 34.9 Å². The number of benzene rings is 1. The molecule has 1 aliphatic carbocycles. The van der Waals surface area contributed by atoms with Gasteiger partial charge in [-0.2, -0.15) is 0 Å². The van der Waals surface area contributed by atoms with Gasteiger partial charge in [0.15, 0.2) is 5.82 Å². The third kappa shape index (κ3) is 4.69. The Kier molecular flexibility index (Phi) is 5.85. The average molecular weight is 390 g/mol. The molecule has 1 heterocycles. The Hall–Kier alpha value is -2.34. The van der Waals surface area contributed by atoms with E-state index in [2.05, 4.69) is 15.8 Å². The molecule has 2 aromatic rings. The van der Waals surface area contributed by atoms with Crippen molar-refractivity contribution in [3.8, 4) is 0 Å². The molecule has 0 spiro atoms. The second kappa shape index (κ2) is 8.13. The van der Waals surface area contributed by atoms with Gasteiger partial charge in [0.25, 0.3) is 0 Å². The molecule has 27 heavy (non-hydrogen) atoms. The summed E-state index contributed by atoms with van der Waals surface area (Å²) in [6.07, 6.45) is 2.68. The number of nitrogens with one attached hydrogen (secondary N) is 2. The minimum Gasteiger partial charge on any atom is -0.360 e.